The number of allylic oxidation sites excluding steroid dienone is 2. The number of nitrogens with two attached hydrogens (primary N) is 1. The molecule has 7 N–H and O–H groups in total. The van der Waals surface area contributed by atoms with Crippen molar-refractivity contribution >= 4 is 59.1 Å². The number of hydrogen-bond donors (Lipinski definition) is 6. The van der Waals surface area contributed by atoms with Gasteiger partial charge in [-0.05, 0) is 82.3 Å². The number of nitrogens with one attached hydrogen (secondary N) is 1. The minimum absolute atomic E-state index is 0.00100. The van der Waals surface area contributed by atoms with E-state index in [9.17, 15) is 53.6 Å². The van der Waals surface area contributed by atoms with Crippen molar-refractivity contribution in [1.82, 2.24) is 5.32 Å². The lowest BCUT2D eigenvalue weighted by Gasteiger charge is -2.41. The number of anilines is 1. The van der Waals surface area contributed by atoms with E-state index in [1.807, 2.05) is 37.2 Å². The topological polar surface area (TPSA) is 262 Å². The number of benzene rings is 2. The number of carbonyl (C=O) groups excluding carboxylic acids is 2. The Kier molecular flexibility index (Phi) is 12.7. The largest absolute Gasteiger partial charge is 0.507 e. The average molecular weight is 852 g/mol. The molecule has 2 atom stereocenters. The molecule has 3 aliphatic rings. The van der Waals surface area contributed by atoms with E-state index in [4.69, 9.17) is 5.73 Å². The number of carbonyl (C=O) groups is 2. The van der Waals surface area contributed by atoms with Crippen LogP contribution in [0.1, 0.15) is 83.8 Å². The van der Waals surface area contributed by atoms with Gasteiger partial charge in [0.2, 0.25) is 11.6 Å². The Hall–Kier alpha value is -3.98. The first-order valence-corrected chi connectivity index (χ1v) is 23.2. The minimum Gasteiger partial charge on any atom is -0.507 e. The van der Waals surface area contributed by atoms with E-state index in [0.717, 1.165) is 0 Å². The molecule has 2 aromatic rings. The SMILES string of the molecule is CC[N+]1=C(C=C2C(=O)C(C3N(CCCCS(=O)(=O)O)c4ccc(S(=O)(=O)O)cc4C3(C)CCCCCC(=O)NCCN)=C2O)C(C)(C)c2cc(S(=O)(=O)O)ccc21. The van der Waals surface area contributed by atoms with Crippen molar-refractivity contribution < 1.29 is 58.2 Å². The van der Waals surface area contributed by atoms with Gasteiger partial charge in [0.05, 0.1) is 38.1 Å². The first-order chi connectivity index (χ1) is 26.5. The maximum absolute atomic E-state index is 14.5. The standard InChI is InChI=1S/C38H50N4O12S3/c1-5-41-29-14-12-24(56(49,50)51)21-27(29)37(2,3)31(41)23-26-34(44)33(35(26)45)36-38(4,16-8-6-7-11-32(43)40-18-17-39)28-22-25(57(52,53)54)13-15-30(28)42(36)19-9-10-20-55(46,47)48/h12-15,21-23,36H,5-11,16-20,39H2,1-4H3,(H4-,40,43,44,45,46,47,48,49,50,51,52,53,54)/p+1. The van der Waals surface area contributed by atoms with Gasteiger partial charge in [0.15, 0.2) is 11.5 Å². The Balaban J connectivity index is 1.59. The molecule has 0 radical (unpaired) electrons. The summed E-state index contributed by atoms with van der Waals surface area (Å²) in [5, 5.41) is 14.6. The molecule has 1 aliphatic carbocycles. The molecule has 0 saturated heterocycles. The lowest BCUT2D eigenvalue weighted by atomic mass is 9.67. The Bertz CT molecular complexity index is 2400. The molecule has 5 rings (SSSR count). The van der Waals surface area contributed by atoms with Crippen molar-refractivity contribution in [3.63, 3.8) is 0 Å². The van der Waals surface area contributed by atoms with Gasteiger partial charge in [-0.1, -0.05) is 19.8 Å². The van der Waals surface area contributed by atoms with Gasteiger partial charge in [-0.3, -0.25) is 23.2 Å². The molecule has 2 aromatic carbocycles. The highest BCUT2D eigenvalue weighted by Gasteiger charge is 2.55. The van der Waals surface area contributed by atoms with Gasteiger partial charge in [-0.25, -0.2) is 0 Å². The summed E-state index contributed by atoms with van der Waals surface area (Å²) >= 11 is 0. The van der Waals surface area contributed by atoms with E-state index >= 15 is 0 Å². The zero-order valence-electron chi connectivity index (χ0n) is 32.4. The van der Waals surface area contributed by atoms with Crippen LogP contribution in [0.2, 0.25) is 0 Å². The smallest absolute Gasteiger partial charge is 0.294 e. The average Bonchev–Trinajstić information content (AvgIpc) is 3.48. The molecule has 57 heavy (non-hydrogen) atoms. The number of amides is 1. The predicted molar refractivity (Wildman–Crippen MR) is 213 cm³/mol. The summed E-state index contributed by atoms with van der Waals surface area (Å²) in [7, 11) is -13.4. The van der Waals surface area contributed by atoms with Gasteiger partial charge in [0.1, 0.15) is 12.3 Å². The number of rotatable bonds is 18. The van der Waals surface area contributed by atoms with Crippen molar-refractivity contribution in [3.8, 4) is 0 Å². The summed E-state index contributed by atoms with van der Waals surface area (Å²) in [6.07, 6.45) is 4.12. The number of aliphatic hydroxyl groups excluding tert-OH is 1. The Morgan fingerprint density at radius 2 is 1.54 bits per heavy atom. The fourth-order valence-corrected chi connectivity index (χ4v) is 10.00. The molecule has 19 heteroatoms. The second-order valence-corrected chi connectivity index (χ2v) is 19.8. The van der Waals surface area contributed by atoms with Crippen molar-refractivity contribution in [2.75, 3.05) is 36.8 Å². The number of nitrogens with zero attached hydrogens (tertiary/aromatic N) is 2. The van der Waals surface area contributed by atoms with E-state index in [1.54, 1.807) is 12.1 Å². The van der Waals surface area contributed by atoms with Gasteiger partial charge < -0.3 is 21.1 Å². The molecule has 2 heterocycles. The van der Waals surface area contributed by atoms with Crippen LogP contribution < -0.4 is 16.0 Å². The van der Waals surface area contributed by atoms with E-state index in [2.05, 4.69) is 5.32 Å². The third-order valence-electron chi connectivity index (χ3n) is 11.3. The van der Waals surface area contributed by atoms with Crippen molar-refractivity contribution in [2.24, 2.45) is 5.73 Å². The van der Waals surface area contributed by atoms with Crippen LogP contribution in [0.4, 0.5) is 11.4 Å². The van der Waals surface area contributed by atoms with Gasteiger partial charge in [0, 0.05) is 54.9 Å². The van der Waals surface area contributed by atoms with Crippen LogP contribution in [0, 0.1) is 0 Å². The van der Waals surface area contributed by atoms with Crippen LogP contribution in [-0.4, -0.2) is 104 Å². The molecular formula is C38H51N4O12S3+. The van der Waals surface area contributed by atoms with E-state index in [-0.39, 0.29) is 58.4 Å². The molecular weight excluding hydrogens is 801 g/mol. The highest BCUT2D eigenvalue weighted by atomic mass is 32.2. The first-order valence-electron chi connectivity index (χ1n) is 18.7. The van der Waals surface area contributed by atoms with Crippen LogP contribution in [0.15, 0.2) is 69.2 Å². The van der Waals surface area contributed by atoms with E-state index < -0.39 is 58.8 Å². The number of aliphatic hydroxyl groups is 1. The van der Waals surface area contributed by atoms with Crippen LogP contribution in [-0.2, 0) is 50.8 Å². The lowest BCUT2D eigenvalue weighted by Crippen LogP contribution is -2.50. The van der Waals surface area contributed by atoms with E-state index in [1.165, 1.54) is 30.3 Å². The monoisotopic (exact) mass is 851 g/mol. The molecule has 0 fully saturated rings. The third kappa shape index (κ3) is 8.89. The Morgan fingerprint density at radius 1 is 0.912 bits per heavy atom. The second kappa shape index (κ2) is 16.3. The third-order valence-corrected chi connectivity index (χ3v) is 13.8. The Morgan fingerprint density at radius 3 is 2.12 bits per heavy atom. The van der Waals surface area contributed by atoms with Crippen LogP contribution >= 0.6 is 0 Å². The molecule has 0 spiro atoms. The highest BCUT2D eigenvalue weighted by molar-refractivity contribution is 7.86. The molecule has 0 aromatic heterocycles. The number of fused-ring (bicyclic) bond motifs is 2. The molecule has 0 bridgehead atoms. The molecule has 2 unspecified atom stereocenters. The minimum atomic E-state index is -4.66. The van der Waals surface area contributed by atoms with Gasteiger partial charge in [0.25, 0.3) is 30.4 Å². The summed E-state index contributed by atoms with van der Waals surface area (Å²) in [6, 6.07) is 7.46. The maximum Gasteiger partial charge on any atom is 0.294 e. The summed E-state index contributed by atoms with van der Waals surface area (Å²) < 4.78 is 103. The number of unbranched alkanes of at least 4 members (excludes halogenated alkanes) is 3. The fourth-order valence-electron chi connectivity index (χ4n) is 8.41. The molecule has 16 nitrogen and oxygen atoms in total. The van der Waals surface area contributed by atoms with Crippen LogP contribution in [0.25, 0.3) is 0 Å². The summed E-state index contributed by atoms with van der Waals surface area (Å²) in [5.41, 5.74) is 6.44. The predicted octanol–water partition coefficient (Wildman–Crippen LogP) is 3.74. The lowest BCUT2D eigenvalue weighted by molar-refractivity contribution is -0.433. The fraction of sp³-hybridized carbons (Fsp3) is 0.500. The van der Waals surface area contributed by atoms with Crippen molar-refractivity contribution in [1.29, 1.82) is 0 Å². The zero-order valence-corrected chi connectivity index (χ0v) is 34.8. The molecule has 2 aliphatic heterocycles. The normalized spacial score (nSPS) is 21.3. The van der Waals surface area contributed by atoms with E-state index in [0.29, 0.717) is 73.5 Å². The molecule has 1 amide bonds. The van der Waals surface area contributed by atoms with Gasteiger partial charge in [-0.15, -0.1) is 0 Å². The second-order valence-electron chi connectivity index (χ2n) is 15.4. The van der Waals surface area contributed by atoms with Gasteiger partial charge >= 0.3 is 0 Å². The molecule has 312 valence electrons. The van der Waals surface area contributed by atoms with Crippen LogP contribution in [0.3, 0.4) is 0 Å². The van der Waals surface area contributed by atoms with Crippen molar-refractivity contribution in [2.45, 2.75) is 99.3 Å². The number of Topliss-reactive ketones (excluding diaryl/α,β-unsaturated/α-hetero) is 1. The first kappa shape index (κ1) is 44.1. The quantitative estimate of drug-likeness (QED) is 0.0541. The number of hydrogen-bond acceptors (Lipinski definition) is 11. The highest BCUT2D eigenvalue weighted by Crippen LogP contribution is 2.54. The summed E-state index contributed by atoms with van der Waals surface area (Å²) in [5.74, 6) is -1.44. The van der Waals surface area contributed by atoms with Crippen LogP contribution in [0.5, 0.6) is 0 Å². The number of ketones is 1. The van der Waals surface area contributed by atoms with Gasteiger partial charge in [-0.2, -0.15) is 29.8 Å². The maximum atomic E-state index is 14.5. The Labute approximate surface area is 333 Å². The zero-order chi connectivity index (χ0) is 42.3. The molecule has 0 saturated carbocycles. The summed E-state index contributed by atoms with van der Waals surface area (Å²) in [4.78, 5) is 27.8. The van der Waals surface area contributed by atoms with Crippen molar-refractivity contribution in [3.05, 3.63) is 70.5 Å². The summed E-state index contributed by atoms with van der Waals surface area (Å²) in [6.45, 7) is 8.61.